The summed E-state index contributed by atoms with van der Waals surface area (Å²) in [6, 6.07) is 12.9. The fourth-order valence-electron chi connectivity index (χ4n) is 2.06. The van der Waals surface area contributed by atoms with E-state index in [0.717, 1.165) is 22.4 Å². The Labute approximate surface area is 117 Å². The molecule has 2 rings (SSSR count). The summed E-state index contributed by atoms with van der Waals surface area (Å²) in [5.74, 6) is -0.912. The Bertz CT molecular complexity index is 623. The first kappa shape index (κ1) is 14.1. The number of carbonyl (C=O) groups is 1. The second-order valence-corrected chi connectivity index (χ2v) is 4.67. The van der Waals surface area contributed by atoms with E-state index in [0.29, 0.717) is 12.1 Å². The van der Waals surface area contributed by atoms with Gasteiger partial charge >= 0.3 is 5.97 Å². The van der Waals surface area contributed by atoms with Crippen LogP contribution in [0.1, 0.15) is 27.0 Å². The van der Waals surface area contributed by atoms with Crippen LogP contribution in [-0.4, -0.2) is 16.2 Å². The molecular weight excluding hydrogens is 254 g/mol. The molecule has 104 valence electrons. The Morgan fingerprint density at radius 1 is 1.15 bits per heavy atom. The van der Waals surface area contributed by atoms with E-state index in [1.807, 2.05) is 30.3 Å². The monoisotopic (exact) mass is 271 g/mol. The van der Waals surface area contributed by atoms with Gasteiger partial charge in [0.1, 0.15) is 0 Å². The maximum Gasteiger partial charge on any atom is 0.335 e. The summed E-state index contributed by atoms with van der Waals surface area (Å²) in [6.45, 7) is 2.43. The molecule has 20 heavy (non-hydrogen) atoms. The molecular formula is C16H17NO3. The van der Waals surface area contributed by atoms with Crippen molar-refractivity contribution in [3.8, 4) is 0 Å². The molecule has 4 heteroatoms. The number of aliphatic hydroxyl groups is 1. The van der Waals surface area contributed by atoms with Crippen molar-refractivity contribution in [3.63, 3.8) is 0 Å². The molecule has 0 aliphatic carbocycles. The normalized spacial score (nSPS) is 10.3. The minimum Gasteiger partial charge on any atom is -0.478 e. The number of aryl methyl sites for hydroxylation is 1. The molecule has 0 fully saturated rings. The van der Waals surface area contributed by atoms with Crippen molar-refractivity contribution in [2.24, 2.45) is 0 Å². The number of anilines is 1. The van der Waals surface area contributed by atoms with Gasteiger partial charge in [0.2, 0.25) is 0 Å². The topological polar surface area (TPSA) is 69.6 Å². The van der Waals surface area contributed by atoms with Crippen molar-refractivity contribution in [1.82, 2.24) is 0 Å². The van der Waals surface area contributed by atoms with Crippen LogP contribution in [0, 0.1) is 6.92 Å². The number of nitrogens with one attached hydrogen (secondary N) is 1. The number of rotatable bonds is 5. The number of hydrogen-bond acceptors (Lipinski definition) is 3. The van der Waals surface area contributed by atoms with Gasteiger partial charge in [0.25, 0.3) is 0 Å². The number of carboxylic acid groups (broad SMARTS) is 1. The lowest BCUT2D eigenvalue weighted by molar-refractivity contribution is 0.0696. The predicted octanol–water partition coefficient (Wildman–Crippen LogP) is 2.80. The highest BCUT2D eigenvalue weighted by Gasteiger charge is 2.06. The highest BCUT2D eigenvalue weighted by atomic mass is 16.4. The van der Waals surface area contributed by atoms with E-state index in [1.165, 1.54) is 0 Å². The average Bonchev–Trinajstić information content (AvgIpc) is 2.45. The van der Waals surface area contributed by atoms with Crippen LogP contribution in [-0.2, 0) is 13.2 Å². The van der Waals surface area contributed by atoms with Gasteiger partial charge in [0, 0.05) is 12.2 Å². The van der Waals surface area contributed by atoms with Gasteiger partial charge in [-0.15, -0.1) is 0 Å². The Balaban J connectivity index is 2.07. The molecule has 2 aromatic rings. The molecule has 2 aromatic carbocycles. The lowest BCUT2D eigenvalue weighted by atomic mass is 10.1. The van der Waals surface area contributed by atoms with E-state index in [4.69, 9.17) is 10.2 Å². The van der Waals surface area contributed by atoms with Crippen LogP contribution >= 0.6 is 0 Å². The Morgan fingerprint density at radius 2 is 1.90 bits per heavy atom. The van der Waals surface area contributed by atoms with E-state index in [9.17, 15) is 4.79 Å². The third-order valence-corrected chi connectivity index (χ3v) is 3.13. The summed E-state index contributed by atoms with van der Waals surface area (Å²) in [4.78, 5) is 10.9. The van der Waals surface area contributed by atoms with E-state index in [-0.39, 0.29) is 6.61 Å². The van der Waals surface area contributed by atoms with Crippen LogP contribution in [0.2, 0.25) is 0 Å². The fourth-order valence-corrected chi connectivity index (χ4v) is 2.06. The van der Waals surface area contributed by atoms with Crippen LogP contribution in [0.3, 0.4) is 0 Å². The van der Waals surface area contributed by atoms with Gasteiger partial charge < -0.3 is 15.5 Å². The molecule has 4 nitrogen and oxygen atoms in total. The Kier molecular flexibility index (Phi) is 4.38. The maximum absolute atomic E-state index is 10.9. The first-order valence-corrected chi connectivity index (χ1v) is 6.36. The van der Waals surface area contributed by atoms with E-state index >= 15 is 0 Å². The molecule has 0 amide bonds. The molecule has 0 saturated carbocycles. The van der Waals surface area contributed by atoms with Crippen molar-refractivity contribution in [2.45, 2.75) is 20.1 Å². The predicted molar refractivity (Wildman–Crippen MR) is 77.8 cm³/mol. The third-order valence-electron chi connectivity index (χ3n) is 3.13. The zero-order chi connectivity index (χ0) is 14.5. The number of carboxylic acids is 1. The SMILES string of the molecule is Cc1cc(NCc2cccc(CO)c2)ccc1C(=O)O. The fraction of sp³-hybridized carbons (Fsp3) is 0.188. The van der Waals surface area contributed by atoms with Gasteiger partial charge in [-0.1, -0.05) is 24.3 Å². The van der Waals surface area contributed by atoms with Crippen LogP contribution in [0.25, 0.3) is 0 Å². The highest BCUT2D eigenvalue weighted by Crippen LogP contribution is 2.16. The van der Waals surface area contributed by atoms with Crippen molar-refractivity contribution in [3.05, 3.63) is 64.7 Å². The van der Waals surface area contributed by atoms with Gasteiger partial charge in [0.05, 0.1) is 12.2 Å². The van der Waals surface area contributed by atoms with Crippen molar-refractivity contribution < 1.29 is 15.0 Å². The van der Waals surface area contributed by atoms with Crippen LogP contribution in [0.5, 0.6) is 0 Å². The quantitative estimate of drug-likeness (QED) is 0.782. The number of hydrogen-bond donors (Lipinski definition) is 3. The first-order chi connectivity index (χ1) is 9.60. The summed E-state index contributed by atoms with van der Waals surface area (Å²) in [5.41, 5.74) is 3.87. The largest absolute Gasteiger partial charge is 0.478 e. The number of aromatic carboxylic acids is 1. The summed E-state index contributed by atoms with van der Waals surface area (Å²) >= 11 is 0. The van der Waals surface area contributed by atoms with E-state index in [1.54, 1.807) is 19.1 Å². The molecule has 3 N–H and O–H groups in total. The lowest BCUT2D eigenvalue weighted by Gasteiger charge is -2.09. The van der Waals surface area contributed by atoms with E-state index < -0.39 is 5.97 Å². The Morgan fingerprint density at radius 3 is 2.55 bits per heavy atom. The van der Waals surface area contributed by atoms with Crippen LogP contribution in [0.15, 0.2) is 42.5 Å². The minimum absolute atomic E-state index is 0.0280. The second kappa shape index (κ2) is 6.21. The number of aliphatic hydroxyl groups excluding tert-OH is 1. The standard InChI is InChI=1S/C16H17NO3/c1-11-7-14(5-6-15(11)16(19)20)17-9-12-3-2-4-13(8-12)10-18/h2-8,17-18H,9-10H2,1H3,(H,19,20). The zero-order valence-electron chi connectivity index (χ0n) is 11.3. The maximum atomic E-state index is 10.9. The highest BCUT2D eigenvalue weighted by molar-refractivity contribution is 5.89. The minimum atomic E-state index is -0.912. The Hall–Kier alpha value is -2.33. The van der Waals surface area contributed by atoms with Crippen LogP contribution in [0.4, 0.5) is 5.69 Å². The molecule has 0 heterocycles. The summed E-state index contributed by atoms with van der Waals surface area (Å²) < 4.78 is 0. The second-order valence-electron chi connectivity index (χ2n) is 4.67. The molecule has 0 saturated heterocycles. The molecule has 0 bridgehead atoms. The molecule has 0 aliphatic heterocycles. The molecule has 0 atom stereocenters. The molecule has 0 radical (unpaired) electrons. The third kappa shape index (κ3) is 3.36. The van der Waals surface area contributed by atoms with Gasteiger partial charge in [-0.3, -0.25) is 0 Å². The molecule has 0 aromatic heterocycles. The molecule has 0 unspecified atom stereocenters. The van der Waals surface area contributed by atoms with Crippen LogP contribution < -0.4 is 5.32 Å². The van der Waals surface area contributed by atoms with Crippen molar-refractivity contribution in [2.75, 3.05) is 5.32 Å². The average molecular weight is 271 g/mol. The lowest BCUT2D eigenvalue weighted by Crippen LogP contribution is -2.03. The van der Waals surface area contributed by atoms with Gasteiger partial charge in [-0.05, 0) is 41.8 Å². The smallest absolute Gasteiger partial charge is 0.335 e. The summed E-state index contributed by atoms with van der Waals surface area (Å²) in [7, 11) is 0. The van der Waals surface area contributed by atoms with Crippen molar-refractivity contribution in [1.29, 1.82) is 0 Å². The first-order valence-electron chi connectivity index (χ1n) is 6.36. The van der Waals surface area contributed by atoms with Crippen molar-refractivity contribution >= 4 is 11.7 Å². The number of benzene rings is 2. The van der Waals surface area contributed by atoms with Gasteiger partial charge in [-0.2, -0.15) is 0 Å². The summed E-state index contributed by atoms with van der Waals surface area (Å²) in [6.07, 6.45) is 0. The zero-order valence-corrected chi connectivity index (χ0v) is 11.3. The van der Waals surface area contributed by atoms with E-state index in [2.05, 4.69) is 5.32 Å². The van der Waals surface area contributed by atoms with Gasteiger partial charge in [-0.25, -0.2) is 4.79 Å². The molecule has 0 aliphatic rings. The summed E-state index contributed by atoms with van der Waals surface area (Å²) in [5, 5.41) is 21.3. The van der Waals surface area contributed by atoms with Gasteiger partial charge in [0.15, 0.2) is 0 Å². The molecule has 0 spiro atoms.